The molecule has 0 N–H and O–H groups in total. The highest BCUT2D eigenvalue weighted by Gasteiger charge is 2.10. The highest BCUT2D eigenvalue weighted by molar-refractivity contribution is 5.89. The molecule has 0 unspecified atom stereocenters. The van der Waals surface area contributed by atoms with Gasteiger partial charge in [0.05, 0.1) is 24.4 Å². The maximum Gasteiger partial charge on any atom is 0.131 e. The van der Waals surface area contributed by atoms with Gasteiger partial charge in [0.1, 0.15) is 11.5 Å². The quantitative estimate of drug-likeness (QED) is 0.699. The Balaban J connectivity index is 2.21. The highest BCUT2D eigenvalue weighted by Crippen LogP contribution is 2.32. The number of ether oxygens (including phenoxy) is 2. The Labute approximate surface area is 130 Å². The van der Waals surface area contributed by atoms with E-state index >= 15 is 0 Å². The molecule has 0 aliphatic heterocycles. The van der Waals surface area contributed by atoms with Gasteiger partial charge in [-0.05, 0) is 26.0 Å². The van der Waals surface area contributed by atoms with Crippen molar-refractivity contribution < 1.29 is 9.47 Å². The number of nitrogens with zero attached hydrogens (tertiary/aromatic N) is 1. The monoisotopic (exact) mass is 293 g/mol. The molecule has 3 heteroatoms. The molecule has 0 aliphatic rings. The summed E-state index contributed by atoms with van der Waals surface area (Å²) < 4.78 is 11.3. The van der Waals surface area contributed by atoms with Crippen LogP contribution in [-0.4, -0.2) is 18.2 Å². The van der Waals surface area contributed by atoms with Gasteiger partial charge in [0.15, 0.2) is 0 Å². The molecule has 0 atom stereocenters. The standard InChI is InChI=1S/C19H19NO2/c1-13(2)22-19-12-17(14-7-5-4-6-8-14)20-18-11-15(21-3)9-10-16(18)19/h4-13H,1-3H3. The minimum atomic E-state index is 0.108. The van der Waals surface area contributed by atoms with Crippen molar-refractivity contribution in [2.75, 3.05) is 7.11 Å². The molecule has 3 rings (SSSR count). The first kappa shape index (κ1) is 14.4. The van der Waals surface area contributed by atoms with Crippen LogP contribution in [0.3, 0.4) is 0 Å². The van der Waals surface area contributed by atoms with Crippen molar-refractivity contribution in [1.82, 2.24) is 4.98 Å². The van der Waals surface area contributed by atoms with Crippen LogP contribution in [-0.2, 0) is 0 Å². The number of rotatable bonds is 4. The van der Waals surface area contributed by atoms with E-state index in [-0.39, 0.29) is 6.10 Å². The van der Waals surface area contributed by atoms with Crippen LogP contribution in [0, 0.1) is 0 Å². The fourth-order valence-corrected chi connectivity index (χ4v) is 2.41. The summed E-state index contributed by atoms with van der Waals surface area (Å²) in [4.78, 5) is 4.76. The van der Waals surface area contributed by atoms with E-state index in [1.54, 1.807) is 7.11 Å². The van der Waals surface area contributed by atoms with E-state index in [0.717, 1.165) is 33.7 Å². The molecule has 1 heterocycles. The summed E-state index contributed by atoms with van der Waals surface area (Å²) in [6.45, 7) is 4.05. The molecule has 1 aromatic heterocycles. The molecule has 112 valence electrons. The Bertz CT molecular complexity index is 782. The lowest BCUT2D eigenvalue weighted by Gasteiger charge is -2.14. The van der Waals surface area contributed by atoms with Crippen molar-refractivity contribution in [3.63, 3.8) is 0 Å². The Morgan fingerprint density at radius 2 is 1.73 bits per heavy atom. The van der Waals surface area contributed by atoms with E-state index in [4.69, 9.17) is 14.5 Å². The molecule has 3 aromatic rings. The normalized spacial score (nSPS) is 10.9. The molecule has 0 fully saturated rings. The summed E-state index contributed by atoms with van der Waals surface area (Å²) in [6.07, 6.45) is 0.108. The Hall–Kier alpha value is -2.55. The average molecular weight is 293 g/mol. The van der Waals surface area contributed by atoms with E-state index in [0.29, 0.717) is 0 Å². The van der Waals surface area contributed by atoms with Crippen molar-refractivity contribution >= 4 is 10.9 Å². The van der Waals surface area contributed by atoms with Crippen LogP contribution in [0.4, 0.5) is 0 Å². The Kier molecular flexibility index (Phi) is 3.96. The van der Waals surface area contributed by atoms with E-state index in [1.165, 1.54) is 0 Å². The lowest BCUT2D eigenvalue weighted by Crippen LogP contribution is -2.06. The zero-order chi connectivity index (χ0) is 15.5. The van der Waals surface area contributed by atoms with Gasteiger partial charge >= 0.3 is 0 Å². The van der Waals surface area contributed by atoms with Crippen molar-refractivity contribution in [1.29, 1.82) is 0 Å². The van der Waals surface area contributed by atoms with Gasteiger partial charge in [0.25, 0.3) is 0 Å². The predicted octanol–water partition coefficient (Wildman–Crippen LogP) is 4.70. The van der Waals surface area contributed by atoms with Crippen LogP contribution >= 0.6 is 0 Å². The molecule has 0 spiro atoms. The minimum absolute atomic E-state index is 0.108. The maximum atomic E-state index is 5.98. The third kappa shape index (κ3) is 2.89. The smallest absolute Gasteiger partial charge is 0.131 e. The zero-order valence-electron chi connectivity index (χ0n) is 13.0. The second-order valence-corrected chi connectivity index (χ2v) is 5.42. The van der Waals surface area contributed by atoms with Crippen molar-refractivity contribution in [3.8, 4) is 22.8 Å². The molecule has 2 aromatic carbocycles. The van der Waals surface area contributed by atoms with Crippen LogP contribution in [0.2, 0.25) is 0 Å². The fourth-order valence-electron chi connectivity index (χ4n) is 2.41. The Morgan fingerprint density at radius 1 is 0.955 bits per heavy atom. The topological polar surface area (TPSA) is 31.4 Å². The number of hydrogen-bond acceptors (Lipinski definition) is 3. The van der Waals surface area contributed by atoms with Gasteiger partial charge in [-0.25, -0.2) is 4.98 Å². The molecule has 0 aliphatic carbocycles. The third-order valence-corrected chi connectivity index (χ3v) is 3.41. The Morgan fingerprint density at radius 3 is 2.41 bits per heavy atom. The molecule has 22 heavy (non-hydrogen) atoms. The van der Waals surface area contributed by atoms with E-state index in [2.05, 4.69) is 0 Å². The molecule has 0 amide bonds. The van der Waals surface area contributed by atoms with Crippen molar-refractivity contribution in [3.05, 3.63) is 54.6 Å². The predicted molar refractivity (Wildman–Crippen MR) is 89.5 cm³/mol. The van der Waals surface area contributed by atoms with Crippen LogP contribution in [0.25, 0.3) is 22.2 Å². The summed E-state index contributed by atoms with van der Waals surface area (Å²) in [7, 11) is 1.66. The van der Waals surface area contributed by atoms with E-state index < -0.39 is 0 Å². The van der Waals surface area contributed by atoms with Crippen molar-refractivity contribution in [2.24, 2.45) is 0 Å². The first-order valence-electron chi connectivity index (χ1n) is 7.38. The van der Waals surface area contributed by atoms with Gasteiger partial charge in [-0.3, -0.25) is 0 Å². The highest BCUT2D eigenvalue weighted by atomic mass is 16.5. The molecule has 0 saturated carbocycles. The van der Waals surface area contributed by atoms with Gasteiger partial charge in [0, 0.05) is 23.1 Å². The first-order valence-corrected chi connectivity index (χ1v) is 7.38. The van der Waals surface area contributed by atoms with Gasteiger partial charge in [-0.1, -0.05) is 30.3 Å². The first-order chi connectivity index (χ1) is 10.7. The molecular formula is C19H19NO2. The molecule has 0 radical (unpaired) electrons. The zero-order valence-corrected chi connectivity index (χ0v) is 13.0. The summed E-state index contributed by atoms with van der Waals surface area (Å²) >= 11 is 0. The van der Waals surface area contributed by atoms with Crippen LogP contribution < -0.4 is 9.47 Å². The third-order valence-electron chi connectivity index (χ3n) is 3.41. The molecular weight excluding hydrogens is 274 g/mol. The summed E-state index contributed by atoms with van der Waals surface area (Å²) in [5.41, 5.74) is 2.84. The lowest BCUT2D eigenvalue weighted by molar-refractivity contribution is 0.245. The number of benzene rings is 2. The summed E-state index contributed by atoms with van der Waals surface area (Å²) in [5.74, 6) is 1.64. The lowest BCUT2D eigenvalue weighted by atomic mass is 10.1. The van der Waals surface area contributed by atoms with Gasteiger partial charge < -0.3 is 9.47 Å². The van der Waals surface area contributed by atoms with Gasteiger partial charge in [0.2, 0.25) is 0 Å². The molecule has 0 saturated heterocycles. The number of hydrogen-bond donors (Lipinski definition) is 0. The van der Waals surface area contributed by atoms with Gasteiger partial charge in [-0.15, -0.1) is 0 Å². The van der Waals surface area contributed by atoms with Crippen LogP contribution in [0.15, 0.2) is 54.6 Å². The number of methoxy groups -OCH3 is 1. The fraction of sp³-hybridized carbons (Fsp3) is 0.211. The molecule has 3 nitrogen and oxygen atoms in total. The number of pyridine rings is 1. The average Bonchev–Trinajstić information content (AvgIpc) is 2.54. The maximum absolute atomic E-state index is 5.98. The summed E-state index contributed by atoms with van der Waals surface area (Å²) in [6, 6.07) is 18.0. The number of aromatic nitrogens is 1. The van der Waals surface area contributed by atoms with Crippen LogP contribution in [0.1, 0.15) is 13.8 Å². The largest absolute Gasteiger partial charge is 0.497 e. The minimum Gasteiger partial charge on any atom is -0.497 e. The second-order valence-electron chi connectivity index (χ2n) is 5.42. The van der Waals surface area contributed by atoms with Crippen molar-refractivity contribution in [2.45, 2.75) is 20.0 Å². The number of fused-ring (bicyclic) bond motifs is 1. The van der Waals surface area contributed by atoms with Gasteiger partial charge in [-0.2, -0.15) is 0 Å². The summed E-state index contributed by atoms with van der Waals surface area (Å²) in [5, 5.41) is 0.995. The SMILES string of the molecule is COc1ccc2c(OC(C)C)cc(-c3ccccc3)nc2c1. The van der Waals surface area contributed by atoms with Crippen LogP contribution in [0.5, 0.6) is 11.5 Å². The van der Waals surface area contributed by atoms with E-state index in [1.807, 2.05) is 68.4 Å². The molecule has 0 bridgehead atoms. The van der Waals surface area contributed by atoms with E-state index in [9.17, 15) is 0 Å². The second kappa shape index (κ2) is 6.06.